The Morgan fingerprint density at radius 3 is 2.70 bits per heavy atom. The molecule has 0 saturated heterocycles. The molecule has 0 fully saturated rings. The van der Waals surface area contributed by atoms with Crippen molar-refractivity contribution in [3.05, 3.63) is 65.2 Å². The Labute approximate surface area is 117 Å². The van der Waals surface area contributed by atoms with E-state index in [2.05, 4.69) is 9.88 Å². The van der Waals surface area contributed by atoms with E-state index in [9.17, 15) is 4.39 Å². The third-order valence-corrected chi connectivity index (χ3v) is 2.90. The second-order valence-corrected chi connectivity index (χ2v) is 4.80. The van der Waals surface area contributed by atoms with Crippen molar-refractivity contribution in [2.24, 2.45) is 5.73 Å². The maximum atomic E-state index is 13.5. The molecule has 2 aromatic rings. The van der Waals surface area contributed by atoms with Crippen molar-refractivity contribution in [2.75, 3.05) is 7.05 Å². The van der Waals surface area contributed by atoms with Crippen LogP contribution in [0.5, 0.6) is 0 Å². The monoisotopic (exact) mass is 272 g/mol. The van der Waals surface area contributed by atoms with E-state index < -0.39 is 0 Å². The Morgan fingerprint density at radius 2 is 2.05 bits per heavy atom. The van der Waals surface area contributed by atoms with E-state index in [-0.39, 0.29) is 11.7 Å². The third-order valence-electron chi connectivity index (χ3n) is 2.90. The molecular formula is C15H17FN4. The molecule has 0 amide bonds. The highest BCUT2D eigenvalue weighted by atomic mass is 19.1. The molecule has 1 heterocycles. The highest BCUT2D eigenvalue weighted by Gasteiger charge is 2.06. The zero-order chi connectivity index (χ0) is 14.5. The van der Waals surface area contributed by atoms with Crippen LogP contribution in [0.4, 0.5) is 4.39 Å². The SMILES string of the molecule is CN(Cc1cccnc1)Cc1cc(F)cc(C(=N)N)c1. The largest absolute Gasteiger partial charge is 0.384 e. The van der Waals surface area contributed by atoms with Crippen LogP contribution in [0, 0.1) is 11.2 Å². The molecule has 0 aliphatic rings. The van der Waals surface area contributed by atoms with Gasteiger partial charge in [-0.25, -0.2) is 4.39 Å². The number of nitrogens with two attached hydrogens (primary N) is 1. The lowest BCUT2D eigenvalue weighted by Gasteiger charge is -2.17. The van der Waals surface area contributed by atoms with Gasteiger partial charge in [-0.15, -0.1) is 0 Å². The first-order valence-corrected chi connectivity index (χ1v) is 6.26. The lowest BCUT2D eigenvalue weighted by molar-refractivity contribution is 0.318. The van der Waals surface area contributed by atoms with Crippen molar-refractivity contribution in [2.45, 2.75) is 13.1 Å². The summed E-state index contributed by atoms with van der Waals surface area (Å²) in [6.45, 7) is 1.30. The van der Waals surface area contributed by atoms with Crippen LogP contribution in [0.15, 0.2) is 42.7 Å². The van der Waals surface area contributed by atoms with Crippen molar-refractivity contribution in [3.63, 3.8) is 0 Å². The van der Waals surface area contributed by atoms with E-state index in [0.29, 0.717) is 12.1 Å². The van der Waals surface area contributed by atoms with Gasteiger partial charge in [0, 0.05) is 31.0 Å². The Hall–Kier alpha value is -2.27. The number of rotatable bonds is 5. The number of hydrogen-bond donors (Lipinski definition) is 2. The van der Waals surface area contributed by atoms with Gasteiger partial charge in [0.15, 0.2) is 0 Å². The van der Waals surface area contributed by atoms with Gasteiger partial charge < -0.3 is 5.73 Å². The molecule has 0 unspecified atom stereocenters. The van der Waals surface area contributed by atoms with Crippen molar-refractivity contribution in [1.82, 2.24) is 9.88 Å². The van der Waals surface area contributed by atoms with Gasteiger partial charge in [-0.05, 0) is 42.4 Å². The number of nitrogen functional groups attached to an aromatic ring is 1. The Morgan fingerprint density at radius 1 is 1.30 bits per heavy atom. The fourth-order valence-corrected chi connectivity index (χ4v) is 2.07. The van der Waals surface area contributed by atoms with Crippen LogP contribution in [0.1, 0.15) is 16.7 Å². The Balaban J connectivity index is 2.07. The lowest BCUT2D eigenvalue weighted by atomic mass is 10.1. The van der Waals surface area contributed by atoms with Crippen LogP contribution in [-0.2, 0) is 13.1 Å². The minimum Gasteiger partial charge on any atom is -0.384 e. The zero-order valence-electron chi connectivity index (χ0n) is 11.3. The molecule has 0 aliphatic carbocycles. The van der Waals surface area contributed by atoms with Crippen LogP contribution >= 0.6 is 0 Å². The molecule has 5 heteroatoms. The van der Waals surface area contributed by atoms with E-state index >= 15 is 0 Å². The van der Waals surface area contributed by atoms with Gasteiger partial charge in [0.05, 0.1) is 0 Å². The van der Waals surface area contributed by atoms with E-state index in [1.807, 2.05) is 25.4 Å². The quantitative estimate of drug-likeness (QED) is 0.647. The highest BCUT2D eigenvalue weighted by Crippen LogP contribution is 2.12. The Bertz CT molecular complexity index is 598. The number of amidine groups is 1. The molecule has 4 nitrogen and oxygen atoms in total. The summed E-state index contributed by atoms with van der Waals surface area (Å²) >= 11 is 0. The molecule has 1 aromatic heterocycles. The average molecular weight is 272 g/mol. The molecule has 0 radical (unpaired) electrons. The van der Waals surface area contributed by atoms with Gasteiger partial charge in [0.2, 0.25) is 0 Å². The van der Waals surface area contributed by atoms with E-state index in [1.165, 1.54) is 12.1 Å². The predicted molar refractivity (Wildman–Crippen MR) is 76.8 cm³/mol. The second kappa shape index (κ2) is 6.25. The first-order chi connectivity index (χ1) is 9.54. The van der Waals surface area contributed by atoms with E-state index in [0.717, 1.165) is 17.7 Å². The Kier molecular flexibility index (Phi) is 4.42. The maximum Gasteiger partial charge on any atom is 0.124 e. The number of halogens is 1. The first-order valence-electron chi connectivity index (χ1n) is 6.26. The number of nitrogens with zero attached hydrogens (tertiary/aromatic N) is 2. The molecule has 0 spiro atoms. The summed E-state index contributed by atoms with van der Waals surface area (Å²) in [5.41, 5.74) is 7.70. The van der Waals surface area contributed by atoms with Crippen molar-refractivity contribution in [3.8, 4) is 0 Å². The fourth-order valence-electron chi connectivity index (χ4n) is 2.07. The minimum absolute atomic E-state index is 0.124. The summed E-state index contributed by atoms with van der Waals surface area (Å²) in [4.78, 5) is 6.12. The molecule has 0 saturated carbocycles. The molecule has 2 rings (SSSR count). The zero-order valence-corrected chi connectivity index (χ0v) is 11.3. The van der Waals surface area contributed by atoms with Gasteiger partial charge in [0.1, 0.15) is 11.7 Å². The minimum atomic E-state index is -0.373. The van der Waals surface area contributed by atoms with Crippen LogP contribution in [0.25, 0.3) is 0 Å². The van der Waals surface area contributed by atoms with Gasteiger partial charge in [0.25, 0.3) is 0 Å². The topological polar surface area (TPSA) is 66.0 Å². The maximum absolute atomic E-state index is 13.5. The predicted octanol–water partition coefficient (Wildman–Crippen LogP) is 2.14. The summed E-state index contributed by atoms with van der Waals surface area (Å²) < 4.78 is 13.5. The van der Waals surface area contributed by atoms with Crippen molar-refractivity contribution in [1.29, 1.82) is 5.41 Å². The van der Waals surface area contributed by atoms with Gasteiger partial charge in [-0.1, -0.05) is 6.07 Å². The second-order valence-electron chi connectivity index (χ2n) is 4.80. The fraction of sp³-hybridized carbons (Fsp3) is 0.200. The van der Waals surface area contributed by atoms with Crippen molar-refractivity contribution < 1.29 is 4.39 Å². The van der Waals surface area contributed by atoms with Gasteiger partial charge in [-0.2, -0.15) is 0 Å². The summed E-state index contributed by atoms with van der Waals surface area (Å²) in [5.74, 6) is -0.497. The summed E-state index contributed by atoms with van der Waals surface area (Å²) in [5, 5.41) is 7.38. The molecule has 104 valence electrons. The average Bonchev–Trinajstić information content (AvgIpc) is 2.38. The van der Waals surface area contributed by atoms with Gasteiger partial charge in [-0.3, -0.25) is 15.3 Å². The molecule has 0 atom stereocenters. The van der Waals surface area contributed by atoms with Gasteiger partial charge >= 0.3 is 0 Å². The number of hydrogen-bond acceptors (Lipinski definition) is 3. The first kappa shape index (κ1) is 14.1. The van der Waals surface area contributed by atoms with E-state index in [4.69, 9.17) is 11.1 Å². The number of pyridine rings is 1. The van der Waals surface area contributed by atoms with Crippen molar-refractivity contribution >= 4 is 5.84 Å². The highest BCUT2D eigenvalue weighted by molar-refractivity contribution is 5.95. The third kappa shape index (κ3) is 3.86. The molecule has 1 aromatic carbocycles. The normalized spacial score (nSPS) is 10.8. The van der Waals surface area contributed by atoms with Crippen LogP contribution in [-0.4, -0.2) is 22.8 Å². The van der Waals surface area contributed by atoms with Crippen LogP contribution in [0.3, 0.4) is 0 Å². The summed E-state index contributed by atoms with van der Waals surface area (Å²) in [6, 6.07) is 8.36. The van der Waals surface area contributed by atoms with Crippen LogP contribution < -0.4 is 5.73 Å². The number of aromatic nitrogens is 1. The summed E-state index contributed by atoms with van der Waals surface area (Å²) in [6.07, 6.45) is 3.54. The molecule has 0 bridgehead atoms. The molecule has 0 aliphatic heterocycles. The smallest absolute Gasteiger partial charge is 0.124 e. The summed E-state index contributed by atoms with van der Waals surface area (Å²) in [7, 11) is 1.95. The molecule has 20 heavy (non-hydrogen) atoms. The number of benzene rings is 1. The van der Waals surface area contributed by atoms with Crippen LogP contribution in [0.2, 0.25) is 0 Å². The van der Waals surface area contributed by atoms with E-state index in [1.54, 1.807) is 12.3 Å². The lowest BCUT2D eigenvalue weighted by Crippen LogP contribution is -2.18. The molecule has 3 N–H and O–H groups in total. The number of nitrogens with one attached hydrogen (secondary N) is 1. The standard InChI is InChI=1S/C15H17FN4/c1-20(9-11-3-2-4-19-8-11)10-12-5-13(15(17)18)7-14(16)6-12/h2-8H,9-10H2,1H3,(H3,17,18). The molecular weight excluding hydrogens is 255 g/mol.